The molecule has 82 valence electrons. The molecule has 0 aliphatic heterocycles. The highest BCUT2D eigenvalue weighted by Gasteiger charge is 2.05. The lowest BCUT2D eigenvalue weighted by Crippen LogP contribution is -2.20. The summed E-state index contributed by atoms with van der Waals surface area (Å²) in [7, 11) is 3.96. The molecule has 0 aliphatic carbocycles. The fraction of sp³-hybridized carbons (Fsp3) is 0.444. The van der Waals surface area contributed by atoms with E-state index < -0.39 is 4.92 Å². The summed E-state index contributed by atoms with van der Waals surface area (Å²) < 4.78 is 0. The molecule has 0 bridgehead atoms. The van der Waals surface area contributed by atoms with Crippen LogP contribution in [0.3, 0.4) is 0 Å². The lowest BCUT2D eigenvalue weighted by atomic mass is 10.4. The van der Waals surface area contributed by atoms with Crippen LogP contribution in [0.1, 0.15) is 0 Å². The SMILES string of the molecule is CN(C)CCNc1ccc([N+](=O)[O-])nc1. The molecule has 1 N–H and O–H groups in total. The van der Waals surface area contributed by atoms with E-state index in [1.54, 1.807) is 6.07 Å². The Bertz CT molecular complexity index is 323. The third-order valence-corrected chi connectivity index (χ3v) is 1.82. The molecule has 1 heterocycles. The highest BCUT2D eigenvalue weighted by atomic mass is 16.6. The Labute approximate surface area is 88.1 Å². The zero-order valence-electron chi connectivity index (χ0n) is 8.80. The molecule has 1 aromatic rings. The molecule has 6 heteroatoms. The molecule has 15 heavy (non-hydrogen) atoms. The molecule has 0 unspecified atom stereocenters. The molecule has 0 saturated carbocycles. The molecule has 6 nitrogen and oxygen atoms in total. The minimum atomic E-state index is -0.510. The highest BCUT2D eigenvalue weighted by molar-refractivity contribution is 5.43. The number of rotatable bonds is 5. The zero-order chi connectivity index (χ0) is 11.3. The van der Waals surface area contributed by atoms with Crippen molar-refractivity contribution in [1.82, 2.24) is 9.88 Å². The van der Waals surface area contributed by atoms with Gasteiger partial charge in [-0.05, 0) is 30.1 Å². The molecule has 0 amide bonds. The van der Waals surface area contributed by atoms with Gasteiger partial charge in [0.25, 0.3) is 0 Å². The van der Waals surface area contributed by atoms with Gasteiger partial charge in [-0.1, -0.05) is 0 Å². The van der Waals surface area contributed by atoms with Crippen molar-refractivity contribution in [2.24, 2.45) is 0 Å². The molecule has 0 aromatic carbocycles. The van der Waals surface area contributed by atoms with Crippen LogP contribution in [0.4, 0.5) is 11.5 Å². The first-order valence-corrected chi connectivity index (χ1v) is 4.58. The number of hydrogen-bond acceptors (Lipinski definition) is 5. The van der Waals surface area contributed by atoms with Gasteiger partial charge in [0.15, 0.2) is 6.20 Å². The van der Waals surface area contributed by atoms with Gasteiger partial charge >= 0.3 is 5.82 Å². The molecule has 0 fully saturated rings. The Hall–Kier alpha value is -1.69. The van der Waals surface area contributed by atoms with E-state index in [-0.39, 0.29) is 5.82 Å². The van der Waals surface area contributed by atoms with E-state index in [4.69, 9.17) is 0 Å². The van der Waals surface area contributed by atoms with Crippen molar-refractivity contribution in [2.45, 2.75) is 0 Å². The van der Waals surface area contributed by atoms with Crippen LogP contribution in [0.25, 0.3) is 0 Å². The van der Waals surface area contributed by atoms with Crippen LogP contribution < -0.4 is 5.32 Å². The summed E-state index contributed by atoms with van der Waals surface area (Å²) in [6, 6.07) is 3.04. The summed E-state index contributed by atoms with van der Waals surface area (Å²) in [5.74, 6) is -0.131. The van der Waals surface area contributed by atoms with Crippen LogP contribution in [0, 0.1) is 10.1 Å². The Morgan fingerprint density at radius 3 is 2.73 bits per heavy atom. The molecule has 0 aliphatic rings. The number of nitro groups is 1. The topological polar surface area (TPSA) is 71.3 Å². The standard InChI is InChI=1S/C9H14N4O2/c1-12(2)6-5-10-8-3-4-9(11-7-8)13(14)15/h3-4,7,10H,5-6H2,1-2H3. The fourth-order valence-electron chi connectivity index (χ4n) is 1.02. The van der Waals surface area contributed by atoms with Gasteiger partial charge in [0.1, 0.15) is 0 Å². The van der Waals surface area contributed by atoms with Crippen molar-refractivity contribution in [1.29, 1.82) is 0 Å². The van der Waals surface area contributed by atoms with E-state index in [0.29, 0.717) is 0 Å². The summed E-state index contributed by atoms with van der Waals surface area (Å²) in [5.41, 5.74) is 0.794. The van der Waals surface area contributed by atoms with Crippen LogP contribution in [0.15, 0.2) is 18.3 Å². The lowest BCUT2D eigenvalue weighted by Gasteiger charge is -2.10. The molecule has 0 atom stereocenters. The van der Waals surface area contributed by atoms with E-state index in [1.165, 1.54) is 12.3 Å². The number of anilines is 1. The van der Waals surface area contributed by atoms with E-state index in [1.807, 2.05) is 19.0 Å². The number of hydrogen-bond donors (Lipinski definition) is 1. The van der Waals surface area contributed by atoms with Crippen LogP contribution in [0.2, 0.25) is 0 Å². The van der Waals surface area contributed by atoms with Gasteiger partial charge in [0.05, 0.1) is 5.69 Å². The van der Waals surface area contributed by atoms with Crippen LogP contribution in [-0.4, -0.2) is 42.0 Å². The molecule has 0 saturated heterocycles. The normalized spacial score (nSPS) is 10.3. The minimum absolute atomic E-state index is 0.131. The predicted octanol–water partition coefficient (Wildman–Crippen LogP) is 0.963. The second kappa shape index (κ2) is 5.26. The van der Waals surface area contributed by atoms with Gasteiger partial charge in [0, 0.05) is 19.2 Å². The molecular formula is C9H14N4O2. The second-order valence-corrected chi connectivity index (χ2v) is 3.39. The summed E-state index contributed by atoms with van der Waals surface area (Å²) in [4.78, 5) is 15.6. The van der Waals surface area contributed by atoms with Gasteiger partial charge < -0.3 is 20.3 Å². The lowest BCUT2D eigenvalue weighted by molar-refractivity contribution is -0.389. The van der Waals surface area contributed by atoms with Gasteiger partial charge in [-0.2, -0.15) is 0 Å². The van der Waals surface area contributed by atoms with Crippen LogP contribution in [-0.2, 0) is 0 Å². The molecule has 1 rings (SSSR count). The smallest absolute Gasteiger partial charge is 0.363 e. The maximum Gasteiger partial charge on any atom is 0.363 e. The predicted molar refractivity (Wildman–Crippen MR) is 57.9 cm³/mol. The van der Waals surface area contributed by atoms with Gasteiger partial charge in [-0.3, -0.25) is 0 Å². The van der Waals surface area contributed by atoms with Gasteiger partial charge in [-0.15, -0.1) is 0 Å². The fourth-order valence-corrected chi connectivity index (χ4v) is 1.02. The molecular weight excluding hydrogens is 196 g/mol. The monoisotopic (exact) mass is 210 g/mol. The van der Waals surface area contributed by atoms with E-state index in [0.717, 1.165) is 18.8 Å². The van der Waals surface area contributed by atoms with Gasteiger partial charge in [0.2, 0.25) is 0 Å². The number of likely N-dealkylation sites (N-methyl/N-ethyl adjacent to an activating group) is 1. The van der Waals surface area contributed by atoms with E-state index in [9.17, 15) is 10.1 Å². The Kier molecular flexibility index (Phi) is 3.99. The van der Waals surface area contributed by atoms with Crippen molar-refractivity contribution < 1.29 is 4.92 Å². The average Bonchev–Trinajstić information content (AvgIpc) is 2.18. The van der Waals surface area contributed by atoms with Crippen molar-refractivity contribution >= 4 is 11.5 Å². The summed E-state index contributed by atoms with van der Waals surface area (Å²) in [5, 5.41) is 13.4. The van der Waals surface area contributed by atoms with Crippen LogP contribution >= 0.6 is 0 Å². The van der Waals surface area contributed by atoms with Crippen molar-refractivity contribution in [3.05, 3.63) is 28.4 Å². The minimum Gasteiger partial charge on any atom is -0.381 e. The maximum absolute atomic E-state index is 10.3. The van der Waals surface area contributed by atoms with Crippen LogP contribution in [0.5, 0.6) is 0 Å². The van der Waals surface area contributed by atoms with E-state index >= 15 is 0 Å². The summed E-state index contributed by atoms with van der Waals surface area (Å²) >= 11 is 0. The first-order valence-electron chi connectivity index (χ1n) is 4.58. The summed E-state index contributed by atoms with van der Waals surface area (Å²) in [6.07, 6.45) is 1.47. The third-order valence-electron chi connectivity index (χ3n) is 1.82. The highest BCUT2D eigenvalue weighted by Crippen LogP contribution is 2.10. The van der Waals surface area contributed by atoms with Gasteiger partial charge in [-0.25, -0.2) is 0 Å². The second-order valence-electron chi connectivity index (χ2n) is 3.39. The molecule has 1 aromatic heterocycles. The third kappa shape index (κ3) is 3.90. The van der Waals surface area contributed by atoms with E-state index in [2.05, 4.69) is 10.3 Å². The Morgan fingerprint density at radius 2 is 2.27 bits per heavy atom. The quantitative estimate of drug-likeness (QED) is 0.579. The first kappa shape index (κ1) is 11.4. The molecule has 0 spiro atoms. The Balaban J connectivity index is 2.46. The largest absolute Gasteiger partial charge is 0.381 e. The Morgan fingerprint density at radius 1 is 1.53 bits per heavy atom. The van der Waals surface area contributed by atoms with Crippen molar-refractivity contribution in [2.75, 3.05) is 32.5 Å². The average molecular weight is 210 g/mol. The number of nitrogens with one attached hydrogen (secondary N) is 1. The number of pyridine rings is 1. The first-order chi connectivity index (χ1) is 7.09. The van der Waals surface area contributed by atoms with Crippen molar-refractivity contribution in [3.63, 3.8) is 0 Å². The van der Waals surface area contributed by atoms with Crippen molar-refractivity contribution in [3.8, 4) is 0 Å². The number of aromatic nitrogens is 1. The summed E-state index contributed by atoms with van der Waals surface area (Å²) in [6.45, 7) is 1.68. The number of nitrogens with zero attached hydrogens (tertiary/aromatic N) is 3. The zero-order valence-corrected chi connectivity index (χ0v) is 8.80. The maximum atomic E-state index is 10.3. The molecule has 0 radical (unpaired) electrons.